The van der Waals surface area contributed by atoms with E-state index in [2.05, 4.69) is 10.3 Å². The average molecular weight is 408 g/mol. The standard InChI is InChI=1S/C18H24N4O5S/c1-11-12(2)21(8-9-26-4)18(19-11)28-13(3)17(23)20-15-10-14(22(24)25)6-7-16(15)27-5/h6-7,10,13H,8-9H2,1-5H3,(H,20,23). The fourth-order valence-corrected chi connectivity index (χ4v) is 3.54. The SMILES string of the molecule is COCCn1c(SC(C)C(=O)Nc2cc([N+](=O)[O-])ccc2OC)nc(C)c1C. The van der Waals surface area contributed by atoms with Crippen molar-refractivity contribution in [2.24, 2.45) is 0 Å². The number of hydrogen-bond acceptors (Lipinski definition) is 7. The number of amides is 1. The van der Waals surface area contributed by atoms with E-state index in [1.807, 2.05) is 18.4 Å². The number of non-ortho nitro benzene ring substituents is 1. The molecule has 10 heteroatoms. The van der Waals surface area contributed by atoms with Crippen LogP contribution >= 0.6 is 11.8 Å². The zero-order valence-electron chi connectivity index (χ0n) is 16.5. The van der Waals surface area contributed by atoms with Crippen LogP contribution in [0, 0.1) is 24.0 Å². The summed E-state index contributed by atoms with van der Waals surface area (Å²) in [5.41, 5.74) is 2.04. The molecule has 0 aliphatic carbocycles. The van der Waals surface area contributed by atoms with Crippen molar-refractivity contribution in [3.05, 3.63) is 39.7 Å². The molecule has 0 spiro atoms. The van der Waals surface area contributed by atoms with Gasteiger partial charge < -0.3 is 19.4 Å². The number of methoxy groups -OCH3 is 2. The number of nitro groups is 1. The smallest absolute Gasteiger partial charge is 0.271 e. The Kier molecular flexibility index (Phi) is 7.41. The van der Waals surface area contributed by atoms with E-state index in [9.17, 15) is 14.9 Å². The molecule has 1 amide bonds. The minimum atomic E-state index is -0.522. The van der Waals surface area contributed by atoms with Crippen molar-refractivity contribution in [3.63, 3.8) is 0 Å². The molecule has 1 heterocycles. The molecule has 0 fully saturated rings. The van der Waals surface area contributed by atoms with Crippen molar-refractivity contribution >= 4 is 29.0 Å². The Bertz CT molecular complexity index is 868. The van der Waals surface area contributed by atoms with Crippen molar-refractivity contribution < 1.29 is 19.2 Å². The van der Waals surface area contributed by atoms with Crippen LogP contribution in [0.3, 0.4) is 0 Å². The number of rotatable bonds is 9. The Morgan fingerprint density at radius 3 is 2.71 bits per heavy atom. The number of imidazole rings is 1. The first-order valence-corrected chi connectivity index (χ1v) is 9.49. The number of carbonyl (C=O) groups is 1. The Labute approximate surface area is 167 Å². The lowest BCUT2D eigenvalue weighted by Gasteiger charge is -2.15. The van der Waals surface area contributed by atoms with Gasteiger partial charge in [-0.1, -0.05) is 11.8 Å². The molecule has 0 radical (unpaired) electrons. The molecule has 1 aromatic heterocycles. The molecule has 1 atom stereocenters. The van der Waals surface area contributed by atoms with Gasteiger partial charge in [-0.2, -0.15) is 0 Å². The zero-order chi connectivity index (χ0) is 20.8. The van der Waals surface area contributed by atoms with Crippen LogP contribution in [0.5, 0.6) is 5.75 Å². The van der Waals surface area contributed by atoms with Crippen molar-refractivity contribution in [1.29, 1.82) is 0 Å². The molecule has 0 aliphatic rings. The zero-order valence-corrected chi connectivity index (χ0v) is 17.3. The van der Waals surface area contributed by atoms with Gasteiger partial charge in [0.25, 0.3) is 5.69 Å². The fraction of sp³-hybridized carbons (Fsp3) is 0.444. The third-order valence-electron chi connectivity index (χ3n) is 4.24. The third-order valence-corrected chi connectivity index (χ3v) is 5.34. The number of thioether (sulfide) groups is 1. The van der Waals surface area contributed by atoms with E-state index in [4.69, 9.17) is 9.47 Å². The molecule has 9 nitrogen and oxygen atoms in total. The highest BCUT2D eigenvalue weighted by Gasteiger charge is 2.22. The number of aromatic nitrogens is 2. The monoisotopic (exact) mass is 408 g/mol. The maximum absolute atomic E-state index is 12.7. The van der Waals surface area contributed by atoms with E-state index in [0.29, 0.717) is 18.9 Å². The minimum absolute atomic E-state index is 0.127. The molecule has 0 aliphatic heterocycles. The molecule has 152 valence electrons. The molecular formula is C18H24N4O5S. The number of hydrogen-bond donors (Lipinski definition) is 1. The predicted octanol–water partition coefficient (Wildman–Crippen LogP) is 3.18. The molecule has 0 saturated heterocycles. The van der Waals surface area contributed by atoms with Gasteiger partial charge in [-0.05, 0) is 26.8 Å². The molecule has 1 N–H and O–H groups in total. The number of nitrogens with one attached hydrogen (secondary N) is 1. The normalized spacial score (nSPS) is 11.9. The van der Waals surface area contributed by atoms with Gasteiger partial charge >= 0.3 is 0 Å². The van der Waals surface area contributed by atoms with Crippen molar-refractivity contribution in [3.8, 4) is 5.75 Å². The van der Waals surface area contributed by atoms with Crippen LogP contribution in [0.1, 0.15) is 18.3 Å². The van der Waals surface area contributed by atoms with Crippen molar-refractivity contribution in [1.82, 2.24) is 9.55 Å². The molecule has 2 aromatic rings. The summed E-state index contributed by atoms with van der Waals surface area (Å²) in [4.78, 5) is 27.7. The van der Waals surface area contributed by atoms with Gasteiger partial charge in [-0.3, -0.25) is 14.9 Å². The van der Waals surface area contributed by atoms with E-state index in [1.54, 1.807) is 14.0 Å². The van der Waals surface area contributed by atoms with E-state index < -0.39 is 10.2 Å². The minimum Gasteiger partial charge on any atom is -0.495 e. The molecule has 0 bridgehead atoms. The third kappa shape index (κ3) is 5.02. The lowest BCUT2D eigenvalue weighted by atomic mass is 10.2. The van der Waals surface area contributed by atoms with Gasteiger partial charge in [-0.25, -0.2) is 4.98 Å². The summed E-state index contributed by atoms with van der Waals surface area (Å²) in [6.45, 7) is 6.82. The van der Waals surface area contributed by atoms with E-state index in [0.717, 1.165) is 16.5 Å². The number of anilines is 1. The second-order valence-electron chi connectivity index (χ2n) is 6.10. The first kappa shape index (κ1) is 21.7. The van der Waals surface area contributed by atoms with Gasteiger partial charge in [0.15, 0.2) is 5.16 Å². The second kappa shape index (κ2) is 9.56. The first-order chi connectivity index (χ1) is 13.3. The summed E-state index contributed by atoms with van der Waals surface area (Å²) in [5, 5.41) is 14.0. The van der Waals surface area contributed by atoms with Crippen LogP contribution in [0.25, 0.3) is 0 Å². The maximum Gasteiger partial charge on any atom is 0.271 e. The summed E-state index contributed by atoms with van der Waals surface area (Å²) in [6.07, 6.45) is 0. The molecule has 1 unspecified atom stereocenters. The number of nitro benzene ring substituents is 1. The van der Waals surface area contributed by atoms with Crippen molar-refractivity contribution in [2.45, 2.75) is 37.7 Å². The van der Waals surface area contributed by atoms with Gasteiger partial charge in [-0.15, -0.1) is 0 Å². The second-order valence-corrected chi connectivity index (χ2v) is 7.41. The van der Waals surface area contributed by atoms with Crippen LogP contribution in [0.4, 0.5) is 11.4 Å². The molecule has 2 rings (SSSR count). The number of ether oxygens (including phenoxy) is 2. The number of benzene rings is 1. The molecule has 1 aromatic carbocycles. The van der Waals surface area contributed by atoms with E-state index in [-0.39, 0.29) is 17.3 Å². The van der Waals surface area contributed by atoms with Gasteiger partial charge in [0.05, 0.1) is 35.3 Å². The quantitative estimate of drug-likeness (QED) is 0.385. The lowest BCUT2D eigenvalue weighted by molar-refractivity contribution is -0.384. The average Bonchev–Trinajstić information content (AvgIpc) is 2.92. The molecule has 28 heavy (non-hydrogen) atoms. The van der Waals surface area contributed by atoms with Crippen LogP contribution in [-0.4, -0.2) is 46.5 Å². The topological polar surface area (TPSA) is 109 Å². The van der Waals surface area contributed by atoms with Crippen LogP contribution < -0.4 is 10.1 Å². The Morgan fingerprint density at radius 2 is 2.11 bits per heavy atom. The van der Waals surface area contributed by atoms with Gasteiger partial charge in [0.1, 0.15) is 5.75 Å². The molecular weight excluding hydrogens is 384 g/mol. The van der Waals surface area contributed by atoms with Crippen molar-refractivity contribution in [2.75, 3.05) is 26.1 Å². The van der Waals surface area contributed by atoms with E-state index in [1.165, 1.54) is 37.1 Å². The Balaban J connectivity index is 2.17. The summed E-state index contributed by atoms with van der Waals surface area (Å²) < 4.78 is 12.3. The molecule has 0 saturated carbocycles. The summed E-state index contributed by atoms with van der Waals surface area (Å²) >= 11 is 1.32. The van der Waals surface area contributed by atoms with E-state index >= 15 is 0 Å². The first-order valence-electron chi connectivity index (χ1n) is 8.61. The number of carbonyl (C=O) groups excluding carboxylic acids is 1. The Hall–Kier alpha value is -2.59. The highest BCUT2D eigenvalue weighted by Crippen LogP contribution is 2.31. The summed E-state index contributed by atoms with van der Waals surface area (Å²) in [6, 6.07) is 4.06. The number of aryl methyl sites for hydroxylation is 1. The highest BCUT2D eigenvalue weighted by molar-refractivity contribution is 8.00. The van der Waals surface area contributed by atoms with Crippen LogP contribution in [0.2, 0.25) is 0 Å². The van der Waals surface area contributed by atoms with Gasteiger partial charge in [0, 0.05) is 31.5 Å². The number of nitrogens with zero attached hydrogens (tertiary/aromatic N) is 3. The highest BCUT2D eigenvalue weighted by atomic mass is 32.2. The summed E-state index contributed by atoms with van der Waals surface area (Å²) in [7, 11) is 3.07. The summed E-state index contributed by atoms with van der Waals surface area (Å²) in [5.74, 6) is 0.0461. The largest absolute Gasteiger partial charge is 0.495 e. The fourth-order valence-electron chi connectivity index (χ4n) is 2.51. The maximum atomic E-state index is 12.7. The lowest BCUT2D eigenvalue weighted by Crippen LogP contribution is -2.23. The van der Waals surface area contributed by atoms with Gasteiger partial charge in [0.2, 0.25) is 5.91 Å². The predicted molar refractivity (Wildman–Crippen MR) is 107 cm³/mol. The van der Waals surface area contributed by atoms with Crippen LogP contribution in [0.15, 0.2) is 23.4 Å². The van der Waals surface area contributed by atoms with Crippen LogP contribution in [-0.2, 0) is 16.1 Å². The Morgan fingerprint density at radius 1 is 1.39 bits per heavy atom.